The van der Waals surface area contributed by atoms with Crippen molar-refractivity contribution in [3.63, 3.8) is 0 Å². The zero-order chi connectivity index (χ0) is 27.3. The summed E-state index contributed by atoms with van der Waals surface area (Å²) in [6, 6.07) is 0. The van der Waals surface area contributed by atoms with Crippen molar-refractivity contribution in [2.45, 2.75) is 181 Å². The Labute approximate surface area is 281 Å². The van der Waals surface area contributed by atoms with E-state index in [1.165, 1.54) is 141 Å². The molecule has 0 saturated heterocycles. The van der Waals surface area contributed by atoms with E-state index in [1.807, 2.05) is 0 Å². The quantitative estimate of drug-likeness (QED) is 0.0285. The molecule has 1 unspecified atom stereocenters. The van der Waals surface area contributed by atoms with Crippen molar-refractivity contribution < 1.29 is 68.5 Å². The smallest absolute Gasteiger partial charge is 0.726 e. The molecular formula is C32H63KO4S. The van der Waals surface area contributed by atoms with Crippen LogP contribution in [0.4, 0.5) is 0 Å². The summed E-state index contributed by atoms with van der Waals surface area (Å²) >= 11 is 0. The molecule has 0 aromatic rings. The molecule has 0 aromatic carbocycles. The van der Waals surface area contributed by atoms with Gasteiger partial charge in [-0.2, -0.15) is 0 Å². The van der Waals surface area contributed by atoms with Gasteiger partial charge in [0.05, 0.1) is 6.61 Å². The van der Waals surface area contributed by atoms with Gasteiger partial charge < -0.3 is 4.55 Å². The number of unbranched alkanes of at least 4 members (excludes halogenated alkanes) is 23. The molecule has 0 amide bonds. The maximum Gasteiger partial charge on any atom is 1.00 e. The van der Waals surface area contributed by atoms with Gasteiger partial charge in [-0.1, -0.05) is 174 Å². The van der Waals surface area contributed by atoms with Crippen LogP contribution < -0.4 is 51.4 Å². The second-order valence-corrected chi connectivity index (χ2v) is 12.3. The first-order valence-electron chi connectivity index (χ1n) is 16.3. The molecule has 0 N–H and O–H groups in total. The van der Waals surface area contributed by atoms with Crippen molar-refractivity contribution in [2.75, 3.05) is 6.61 Å². The molecule has 1 atom stereocenters. The van der Waals surface area contributed by atoms with Gasteiger partial charge in [0, 0.05) is 5.92 Å². The molecule has 0 bridgehead atoms. The minimum atomic E-state index is -4.61. The average molecular weight is 583 g/mol. The van der Waals surface area contributed by atoms with Gasteiger partial charge in [-0.3, -0.25) is 4.18 Å². The first-order valence-corrected chi connectivity index (χ1v) is 17.6. The van der Waals surface area contributed by atoms with Gasteiger partial charge in [0.25, 0.3) is 0 Å². The standard InChI is InChI=1S/C32H64O4S.K/c1-3-5-7-9-11-12-13-14-15-16-17-18-19-20-21-22-24-26-28-30-32(31-36-37(33,34)35)29-27-25-23-10-8-6-4-2;/h28,30,32H,3-27,29,31H2,1-2H3,(H,33,34,35);/q;+1/p-1/b30-28+;. The third kappa shape index (κ3) is 35.3. The molecule has 0 aliphatic rings. The van der Waals surface area contributed by atoms with Crippen molar-refractivity contribution in [3.05, 3.63) is 12.2 Å². The van der Waals surface area contributed by atoms with E-state index in [1.54, 1.807) is 0 Å². The van der Waals surface area contributed by atoms with E-state index >= 15 is 0 Å². The van der Waals surface area contributed by atoms with Gasteiger partial charge in [-0.25, -0.2) is 8.42 Å². The molecule has 6 heteroatoms. The Hall–Kier alpha value is 1.25. The molecule has 0 rings (SSSR count). The van der Waals surface area contributed by atoms with Crippen molar-refractivity contribution in [2.24, 2.45) is 5.92 Å². The van der Waals surface area contributed by atoms with Crippen LogP contribution in [-0.4, -0.2) is 19.6 Å². The summed E-state index contributed by atoms with van der Waals surface area (Å²) in [5.41, 5.74) is 0. The third-order valence-electron chi connectivity index (χ3n) is 7.49. The van der Waals surface area contributed by atoms with E-state index in [9.17, 15) is 13.0 Å². The number of hydrogen-bond donors (Lipinski definition) is 0. The van der Waals surface area contributed by atoms with Crippen LogP contribution in [0.1, 0.15) is 181 Å². The Balaban J connectivity index is 0. The second-order valence-electron chi connectivity index (χ2n) is 11.2. The van der Waals surface area contributed by atoms with E-state index in [-0.39, 0.29) is 63.9 Å². The van der Waals surface area contributed by atoms with Gasteiger partial charge in [-0.05, 0) is 19.3 Å². The molecule has 0 radical (unpaired) electrons. The van der Waals surface area contributed by atoms with Crippen LogP contribution >= 0.6 is 0 Å². The van der Waals surface area contributed by atoms with Crippen molar-refractivity contribution in [1.29, 1.82) is 0 Å². The Morgan fingerprint density at radius 2 is 0.921 bits per heavy atom. The van der Waals surface area contributed by atoms with E-state index in [4.69, 9.17) is 0 Å². The molecule has 0 aliphatic heterocycles. The number of hydrogen-bond acceptors (Lipinski definition) is 4. The van der Waals surface area contributed by atoms with E-state index in [0.717, 1.165) is 25.7 Å². The molecule has 0 fully saturated rings. The maximum atomic E-state index is 10.9. The number of rotatable bonds is 30. The van der Waals surface area contributed by atoms with E-state index in [2.05, 4.69) is 30.2 Å². The summed E-state index contributed by atoms with van der Waals surface area (Å²) in [6.07, 6.45) is 38.2. The largest absolute Gasteiger partial charge is 1.00 e. The summed E-state index contributed by atoms with van der Waals surface area (Å²) in [6.45, 7) is 4.49. The Morgan fingerprint density at radius 1 is 0.579 bits per heavy atom. The SMILES string of the molecule is CCCCCCCCCCCCCCCCCCC/C=C/C(CCCCCCCCC)COS(=O)(=O)[O-].[K+]. The van der Waals surface area contributed by atoms with Crippen LogP contribution in [0.15, 0.2) is 12.2 Å². The first kappa shape index (κ1) is 41.4. The van der Waals surface area contributed by atoms with Crippen molar-refractivity contribution >= 4 is 10.4 Å². The summed E-state index contributed by atoms with van der Waals surface area (Å²) < 4.78 is 37.1. The first-order chi connectivity index (χ1) is 18.0. The fourth-order valence-electron chi connectivity index (χ4n) is 5.05. The zero-order valence-electron chi connectivity index (χ0n) is 25.9. The Morgan fingerprint density at radius 3 is 1.29 bits per heavy atom. The van der Waals surface area contributed by atoms with Crippen LogP contribution in [0, 0.1) is 5.92 Å². The molecule has 4 nitrogen and oxygen atoms in total. The average Bonchev–Trinajstić information content (AvgIpc) is 2.87. The molecular weight excluding hydrogens is 520 g/mol. The Kier molecular flexibility index (Phi) is 35.7. The van der Waals surface area contributed by atoms with Crippen LogP contribution in [-0.2, 0) is 14.6 Å². The normalized spacial score (nSPS) is 12.7. The molecule has 0 saturated carbocycles. The summed E-state index contributed by atoms with van der Waals surface area (Å²) in [7, 11) is -4.61. The molecule has 0 aliphatic carbocycles. The molecule has 0 aromatic heterocycles. The zero-order valence-corrected chi connectivity index (χ0v) is 29.8. The predicted molar refractivity (Wildman–Crippen MR) is 160 cm³/mol. The molecule has 222 valence electrons. The fraction of sp³-hybridized carbons (Fsp3) is 0.938. The fourth-order valence-corrected chi connectivity index (χ4v) is 5.39. The van der Waals surface area contributed by atoms with Gasteiger partial charge in [-0.15, -0.1) is 0 Å². The van der Waals surface area contributed by atoms with Crippen LogP contribution in [0.2, 0.25) is 0 Å². The van der Waals surface area contributed by atoms with Crippen LogP contribution in [0.5, 0.6) is 0 Å². The summed E-state index contributed by atoms with van der Waals surface area (Å²) in [5, 5.41) is 0. The monoisotopic (exact) mass is 582 g/mol. The molecule has 0 heterocycles. The van der Waals surface area contributed by atoms with E-state index in [0.29, 0.717) is 0 Å². The third-order valence-corrected chi connectivity index (χ3v) is 7.91. The van der Waals surface area contributed by atoms with Crippen LogP contribution in [0.25, 0.3) is 0 Å². The molecule has 0 spiro atoms. The molecule has 38 heavy (non-hydrogen) atoms. The summed E-state index contributed by atoms with van der Waals surface area (Å²) in [5.74, 6) is 0.0187. The van der Waals surface area contributed by atoms with Crippen LogP contribution in [0.3, 0.4) is 0 Å². The topological polar surface area (TPSA) is 66.4 Å². The van der Waals surface area contributed by atoms with E-state index < -0.39 is 10.4 Å². The Bertz CT molecular complexity index is 580. The predicted octanol–water partition coefficient (Wildman–Crippen LogP) is 7.82. The van der Waals surface area contributed by atoms with Gasteiger partial charge >= 0.3 is 51.4 Å². The number of allylic oxidation sites excluding steroid dienone is 1. The van der Waals surface area contributed by atoms with Crippen molar-refractivity contribution in [3.8, 4) is 0 Å². The summed E-state index contributed by atoms with van der Waals surface area (Å²) in [4.78, 5) is 0. The maximum absolute atomic E-state index is 10.9. The minimum absolute atomic E-state index is 0. The van der Waals surface area contributed by atoms with Gasteiger partial charge in [0.1, 0.15) is 0 Å². The van der Waals surface area contributed by atoms with Gasteiger partial charge in [0.2, 0.25) is 10.4 Å². The van der Waals surface area contributed by atoms with Gasteiger partial charge in [0.15, 0.2) is 0 Å². The minimum Gasteiger partial charge on any atom is -0.726 e. The van der Waals surface area contributed by atoms with Crippen molar-refractivity contribution in [1.82, 2.24) is 0 Å². The second kappa shape index (κ2) is 32.8.